The fourth-order valence-electron chi connectivity index (χ4n) is 0.588. The van der Waals surface area contributed by atoms with E-state index in [4.69, 9.17) is 11.5 Å². The van der Waals surface area contributed by atoms with E-state index in [1.54, 1.807) is 6.08 Å². The highest BCUT2D eigenvalue weighted by Crippen LogP contribution is 1.91. The van der Waals surface area contributed by atoms with Gasteiger partial charge in [0.2, 0.25) is 0 Å². The van der Waals surface area contributed by atoms with E-state index in [0.717, 1.165) is 12.8 Å². The average Bonchev–Trinajstić information content (AvgIpc) is 1.85. The van der Waals surface area contributed by atoms with E-state index in [-0.39, 0.29) is 6.04 Å². The van der Waals surface area contributed by atoms with Crippen molar-refractivity contribution in [2.45, 2.75) is 18.9 Å². The van der Waals surface area contributed by atoms with E-state index in [1.807, 2.05) is 0 Å². The van der Waals surface area contributed by atoms with Crippen LogP contribution >= 0.6 is 0 Å². The van der Waals surface area contributed by atoms with Crippen molar-refractivity contribution in [3.05, 3.63) is 18.4 Å². The van der Waals surface area contributed by atoms with Crippen LogP contribution in [-0.2, 0) is 0 Å². The third kappa shape index (κ3) is 5.31. The zero-order valence-electron chi connectivity index (χ0n) is 5.64. The van der Waals surface area contributed by atoms with E-state index in [1.165, 1.54) is 0 Å². The van der Waals surface area contributed by atoms with Crippen molar-refractivity contribution in [2.75, 3.05) is 6.54 Å². The summed E-state index contributed by atoms with van der Waals surface area (Å²) in [5.41, 5.74) is 13.5. The first-order valence-corrected chi connectivity index (χ1v) is 3.13. The van der Waals surface area contributed by atoms with E-state index in [0.29, 0.717) is 6.54 Å². The van der Waals surface area contributed by atoms with Crippen molar-refractivity contribution >= 4 is 0 Å². The monoisotopic (exact) mass is 126 g/mol. The summed E-state index contributed by atoms with van der Waals surface area (Å²) >= 11 is 0. The van der Waals surface area contributed by atoms with Gasteiger partial charge in [-0.3, -0.25) is 0 Å². The highest BCUT2D eigenvalue weighted by molar-refractivity contribution is 4.87. The van der Waals surface area contributed by atoms with Gasteiger partial charge in [0.25, 0.3) is 0 Å². The van der Waals surface area contributed by atoms with Crippen molar-refractivity contribution in [2.24, 2.45) is 11.5 Å². The smallest absolute Gasteiger partial charge is 0.0299 e. The van der Waals surface area contributed by atoms with Crippen LogP contribution in [0.3, 0.4) is 0 Å². The second-order valence-electron chi connectivity index (χ2n) is 1.97. The lowest BCUT2D eigenvalue weighted by molar-refractivity contribution is 0.675. The van der Waals surface area contributed by atoms with Gasteiger partial charge in [0.1, 0.15) is 0 Å². The summed E-state index contributed by atoms with van der Waals surface area (Å²) in [5, 5.41) is 0. The average molecular weight is 126 g/mol. The quantitative estimate of drug-likeness (QED) is 0.535. The Morgan fingerprint density at radius 1 is 1.67 bits per heavy atom. The standard InChI is InChI=1S/C7H14N2/c1-2-4-7(9)5-3-6-8/h4,7H,1,3,5-6,8-9H2/t7-/m1/s1. The maximum atomic E-state index is 5.56. The zero-order valence-corrected chi connectivity index (χ0v) is 5.64. The molecule has 0 aromatic carbocycles. The van der Waals surface area contributed by atoms with E-state index in [9.17, 15) is 0 Å². The molecule has 0 saturated carbocycles. The SMILES string of the molecule is C=C=C[C@@H](N)CCCN. The van der Waals surface area contributed by atoms with Gasteiger partial charge in [0.15, 0.2) is 0 Å². The summed E-state index contributed by atoms with van der Waals surface area (Å²) in [6.07, 6.45) is 3.66. The second-order valence-corrected chi connectivity index (χ2v) is 1.97. The molecule has 0 spiro atoms. The minimum absolute atomic E-state index is 0.0889. The summed E-state index contributed by atoms with van der Waals surface area (Å²) in [6, 6.07) is 0.0889. The molecular formula is C7H14N2. The molecule has 0 radical (unpaired) electrons. The fourth-order valence-corrected chi connectivity index (χ4v) is 0.588. The van der Waals surface area contributed by atoms with Gasteiger partial charge in [-0.15, -0.1) is 5.73 Å². The molecule has 0 amide bonds. The van der Waals surface area contributed by atoms with Gasteiger partial charge in [-0.25, -0.2) is 0 Å². The molecule has 0 aliphatic rings. The van der Waals surface area contributed by atoms with Gasteiger partial charge >= 0.3 is 0 Å². The van der Waals surface area contributed by atoms with Crippen molar-refractivity contribution in [1.29, 1.82) is 0 Å². The van der Waals surface area contributed by atoms with Crippen molar-refractivity contribution in [3.8, 4) is 0 Å². The van der Waals surface area contributed by atoms with E-state index >= 15 is 0 Å². The highest BCUT2D eigenvalue weighted by Gasteiger charge is 1.93. The lowest BCUT2D eigenvalue weighted by Gasteiger charge is -2.01. The molecule has 0 heterocycles. The largest absolute Gasteiger partial charge is 0.330 e. The highest BCUT2D eigenvalue weighted by atomic mass is 14.6. The molecule has 52 valence electrons. The van der Waals surface area contributed by atoms with Crippen LogP contribution < -0.4 is 11.5 Å². The molecule has 2 heteroatoms. The predicted molar refractivity (Wildman–Crippen MR) is 40.0 cm³/mol. The van der Waals surface area contributed by atoms with Crippen LogP contribution in [-0.4, -0.2) is 12.6 Å². The van der Waals surface area contributed by atoms with Gasteiger partial charge in [-0.05, 0) is 25.5 Å². The van der Waals surface area contributed by atoms with Crippen LogP contribution in [0.1, 0.15) is 12.8 Å². The lowest BCUT2D eigenvalue weighted by atomic mass is 10.2. The van der Waals surface area contributed by atoms with Crippen molar-refractivity contribution in [1.82, 2.24) is 0 Å². The van der Waals surface area contributed by atoms with Gasteiger partial charge in [-0.1, -0.05) is 6.58 Å². The third-order valence-electron chi connectivity index (χ3n) is 1.07. The first-order chi connectivity index (χ1) is 4.31. The van der Waals surface area contributed by atoms with Gasteiger partial charge in [-0.2, -0.15) is 0 Å². The number of hydrogen-bond donors (Lipinski definition) is 2. The minimum Gasteiger partial charge on any atom is -0.330 e. The van der Waals surface area contributed by atoms with Crippen molar-refractivity contribution in [3.63, 3.8) is 0 Å². The molecule has 0 aromatic rings. The van der Waals surface area contributed by atoms with Crippen LogP contribution in [0, 0.1) is 0 Å². The number of hydrogen-bond acceptors (Lipinski definition) is 2. The number of nitrogens with two attached hydrogens (primary N) is 2. The molecule has 0 unspecified atom stereocenters. The normalized spacial score (nSPS) is 12.2. The topological polar surface area (TPSA) is 52.0 Å². The molecule has 0 saturated heterocycles. The Kier molecular flexibility index (Phi) is 5.23. The van der Waals surface area contributed by atoms with Crippen LogP contribution in [0.2, 0.25) is 0 Å². The first kappa shape index (κ1) is 8.44. The fraction of sp³-hybridized carbons (Fsp3) is 0.571. The van der Waals surface area contributed by atoms with Gasteiger partial charge in [0.05, 0.1) is 0 Å². The Balaban J connectivity index is 3.26. The molecule has 4 N–H and O–H groups in total. The second kappa shape index (κ2) is 5.57. The lowest BCUT2D eigenvalue weighted by Crippen LogP contribution is -2.17. The summed E-state index contributed by atoms with van der Waals surface area (Å²) in [7, 11) is 0. The first-order valence-electron chi connectivity index (χ1n) is 3.13. The summed E-state index contributed by atoms with van der Waals surface area (Å²) in [5.74, 6) is 0. The molecule has 0 rings (SSSR count). The molecule has 0 aliphatic heterocycles. The third-order valence-corrected chi connectivity index (χ3v) is 1.07. The van der Waals surface area contributed by atoms with E-state index < -0.39 is 0 Å². The Bertz CT molecular complexity index is 103. The minimum atomic E-state index is 0.0889. The molecule has 1 atom stereocenters. The Labute approximate surface area is 56.2 Å². The molecule has 0 aliphatic carbocycles. The maximum absolute atomic E-state index is 5.56. The Morgan fingerprint density at radius 2 is 2.33 bits per heavy atom. The van der Waals surface area contributed by atoms with Crippen molar-refractivity contribution < 1.29 is 0 Å². The number of rotatable bonds is 4. The van der Waals surface area contributed by atoms with Gasteiger partial charge in [0, 0.05) is 6.04 Å². The summed E-state index contributed by atoms with van der Waals surface area (Å²) in [4.78, 5) is 0. The van der Waals surface area contributed by atoms with Gasteiger partial charge < -0.3 is 11.5 Å². The van der Waals surface area contributed by atoms with Crippen LogP contribution in [0.4, 0.5) is 0 Å². The summed E-state index contributed by atoms with van der Waals surface area (Å²) in [6.45, 7) is 4.12. The molecular weight excluding hydrogens is 112 g/mol. The van der Waals surface area contributed by atoms with Crippen LogP contribution in [0.15, 0.2) is 18.4 Å². The zero-order chi connectivity index (χ0) is 7.11. The Hall–Kier alpha value is -0.560. The van der Waals surface area contributed by atoms with Crippen LogP contribution in [0.25, 0.3) is 0 Å². The molecule has 0 fully saturated rings. The molecule has 9 heavy (non-hydrogen) atoms. The maximum Gasteiger partial charge on any atom is 0.0299 e. The summed E-state index contributed by atoms with van der Waals surface area (Å²) < 4.78 is 0. The molecule has 0 bridgehead atoms. The van der Waals surface area contributed by atoms with E-state index in [2.05, 4.69) is 12.3 Å². The molecule has 0 aromatic heterocycles. The Morgan fingerprint density at radius 3 is 2.78 bits per heavy atom. The predicted octanol–water partition coefficient (Wildman–Crippen LogP) is 0.394. The molecule has 2 nitrogen and oxygen atoms in total. The van der Waals surface area contributed by atoms with Crippen LogP contribution in [0.5, 0.6) is 0 Å².